The molecule has 0 radical (unpaired) electrons. The molecule has 0 aliphatic carbocycles. The molecule has 2 heterocycles. The maximum Gasteiger partial charge on any atom is 0.305 e. The van der Waals surface area contributed by atoms with Crippen LogP contribution in [0, 0.1) is 5.92 Å². The summed E-state index contributed by atoms with van der Waals surface area (Å²) in [6.45, 7) is 2.42. The number of carbonyl (C=O) groups excluding carboxylic acids is 1. The maximum absolute atomic E-state index is 12.4. The van der Waals surface area contributed by atoms with Crippen molar-refractivity contribution in [3.05, 3.63) is 0 Å². The van der Waals surface area contributed by atoms with E-state index in [-0.39, 0.29) is 24.3 Å². The zero-order chi connectivity index (χ0) is 13.0. The number of carbonyl (C=O) groups is 2. The lowest BCUT2D eigenvalue weighted by molar-refractivity contribution is -0.142. The quantitative estimate of drug-likeness (QED) is 0.778. The van der Waals surface area contributed by atoms with Crippen molar-refractivity contribution in [3.8, 4) is 0 Å². The first-order chi connectivity index (χ1) is 8.68. The predicted molar refractivity (Wildman–Crippen MR) is 70.7 cm³/mol. The lowest BCUT2D eigenvalue weighted by Gasteiger charge is -2.37. The second kappa shape index (κ2) is 6.43. The summed E-state index contributed by atoms with van der Waals surface area (Å²) in [5.41, 5.74) is 0. The normalized spacial score (nSPS) is 29.0. The van der Waals surface area contributed by atoms with E-state index in [1.807, 2.05) is 4.90 Å². The molecule has 1 amide bonds. The lowest BCUT2D eigenvalue weighted by Crippen LogP contribution is -2.51. The molecule has 0 aromatic rings. The molecule has 102 valence electrons. The van der Waals surface area contributed by atoms with Crippen molar-refractivity contribution in [3.63, 3.8) is 0 Å². The minimum Gasteiger partial charge on any atom is -0.481 e. The van der Waals surface area contributed by atoms with Gasteiger partial charge in [0.05, 0.1) is 18.4 Å². The molecule has 0 spiro atoms. The third-order valence-electron chi connectivity index (χ3n) is 3.57. The zero-order valence-electron chi connectivity index (χ0n) is 10.4. The van der Waals surface area contributed by atoms with Gasteiger partial charge in [0.15, 0.2) is 0 Å². The summed E-state index contributed by atoms with van der Waals surface area (Å²) in [7, 11) is 0. The van der Waals surface area contributed by atoms with Crippen LogP contribution in [0.5, 0.6) is 0 Å². The second-order valence-electron chi connectivity index (χ2n) is 4.90. The molecule has 0 aromatic heterocycles. The van der Waals surface area contributed by atoms with E-state index in [1.54, 1.807) is 11.8 Å². The smallest absolute Gasteiger partial charge is 0.305 e. The van der Waals surface area contributed by atoms with Crippen LogP contribution in [-0.2, 0) is 9.59 Å². The molecule has 1 unspecified atom stereocenters. The minimum atomic E-state index is -0.818. The van der Waals surface area contributed by atoms with Crippen LogP contribution in [0.4, 0.5) is 0 Å². The van der Waals surface area contributed by atoms with Crippen molar-refractivity contribution in [2.75, 3.05) is 31.1 Å². The van der Waals surface area contributed by atoms with Crippen LogP contribution in [-0.4, -0.2) is 59.1 Å². The molecule has 0 saturated carbocycles. The SMILES string of the molecule is O=C(O)CC1CSCCN1C(=O)[C@H]1CCCNC1. The van der Waals surface area contributed by atoms with Crippen LogP contribution in [0.3, 0.4) is 0 Å². The van der Waals surface area contributed by atoms with Crippen molar-refractivity contribution >= 4 is 23.6 Å². The molecule has 0 aromatic carbocycles. The molecule has 2 atom stereocenters. The van der Waals surface area contributed by atoms with Gasteiger partial charge >= 0.3 is 5.97 Å². The fourth-order valence-electron chi connectivity index (χ4n) is 2.61. The van der Waals surface area contributed by atoms with E-state index in [0.717, 1.165) is 37.4 Å². The van der Waals surface area contributed by atoms with Crippen LogP contribution >= 0.6 is 11.8 Å². The van der Waals surface area contributed by atoms with Gasteiger partial charge in [0.1, 0.15) is 0 Å². The van der Waals surface area contributed by atoms with Crippen LogP contribution in [0.15, 0.2) is 0 Å². The van der Waals surface area contributed by atoms with Gasteiger partial charge in [0.25, 0.3) is 0 Å². The summed E-state index contributed by atoms with van der Waals surface area (Å²) in [5.74, 6) is 1.04. The van der Waals surface area contributed by atoms with Gasteiger partial charge in [0.2, 0.25) is 5.91 Å². The van der Waals surface area contributed by atoms with E-state index in [4.69, 9.17) is 5.11 Å². The van der Waals surface area contributed by atoms with Gasteiger partial charge < -0.3 is 15.3 Å². The van der Waals surface area contributed by atoms with E-state index in [2.05, 4.69) is 5.32 Å². The summed E-state index contributed by atoms with van der Waals surface area (Å²) in [4.78, 5) is 25.1. The van der Waals surface area contributed by atoms with E-state index in [9.17, 15) is 9.59 Å². The first-order valence-corrected chi connectivity index (χ1v) is 7.64. The van der Waals surface area contributed by atoms with Gasteiger partial charge in [-0.15, -0.1) is 0 Å². The third-order valence-corrected chi connectivity index (χ3v) is 4.66. The Bertz CT molecular complexity index is 318. The second-order valence-corrected chi connectivity index (χ2v) is 6.05. The number of carboxylic acids is 1. The number of nitrogens with one attached hydrogen (secondary N) is 1. The summed E-state index contributed by atoms with van der Waals surface area (Å²) < 4.78 is 0. The van der Waals surface area contributed by atoms with Gasteiger partial charge in [-0.25, -0.2) is 0 Å². The number of thioether (sulfide) groups is 1. The highest BCUT2D eigenvalue weighted by Crippen LogP contribution is 2.23. The maximum atomic E-state index is 12.4. The van der Waals surface area contributed by atoms with Crippen LogP contribution in [0.2, 0.25) is 0 Å². The monoisotopic (exact) mass is 272 g/mol. The fraction of sp³-hybridized carbons (Fsp3) is 0.833. The van der Waals surface area contributed by atoms with E-state index in [0.29, 0.717) is 6.54 Å². The molecule has 2 aliphatic rings. The summed E-state index contributed by atoms with van der Waals surface area (Å²) in [6.07, 6.45) is 2.02. The van der Waals surface area contributed by atoms with Crippen molar-refractivity contribution < 1.29 is 14.7 Å². The highest BCUT2D eigenvalue weighted by molar-refractivity contribution is 7.99. The number of nitrogens with zero attached hydrogens (tertiary/aromatic N) is 1. The van der Waals surface area contributed by atoms with Crippen LogP contribution in [0.25, 0.3) is 0 Å². The molecule has 0 bridgehead atoms. The Balaban J connectivity index is 1.98. The average molecular weight is 272 g/mol. The highest BCUT2D eigenvalue weighted by atomic mass is 32.2. The van der Waals surface area contributed by atoms with Gasteiger partial charge in [0, 0.05) is 24.6 Å². The van der Waals surface area contributed by atoms with Gasteiger partial charge in [-0.2, -0.15) is 11.8 Å². The molecule has 2 rings (SSSR count). The third kappa shape index (κ3) is 3.38. The zero-order valence-corrected chi connectivity index (χ0v) is 11.2. The minimum absolute atomic E-state index is 0.0399. The topological polar surface area (TPSA) is 69.6 Å². The van der Waals surface area contributed by atoms with Crippen molar-refractivity contribution in [2.24, 2.45) is 5.92 Å². The number of amides is 1. The van der Waals surface area contributed by atoms with Crippen LogP contribution in [0.1, 0.15) is 19.3 Å². The van der Waals surface area contributed by atoms with Crippen molar-refractivity contribution in [1.29, 1.82) is 0 Å². The molecule has 2 saturated heterocycles. The first-order valence-electron chi connectivity index (χ1n) is 6.49. The van der Waals surface area contributed by atoms with Crippen molar-refractivity contribution in [1.82, 2.24) is 10.2 Å². The molecule has 18 heavy (non-hydrogen) atoms. The Labute approximate surface area is 111 Å². The molecule has 2 aliphatic heterocycles. The standard InChI is InChI=1S/C12H20N2O3S/c15-11(16)6-10-8-18-5-4-14(10)12(17)9-2-1-3-13-7-9/h9-10,13H,1-8H2,(H,15,16)/t9-,10?/m0/s1. The Morgan fingerprint density at radius 1 is 1.44 bits per heavy atom. The van der Waals surface area contributed by atoms with Gasteiger partial charge in [-0.3, -0.25) is 9.59 Å². The number of aliphatic carboxylic acids is 1. The summed E-state index contributed by atoms with van der Waals surface area (Å²) in [5, 5.41) is 12.2. The molecule has 6 heteroatoms. The Hall–Kier alpha value is -0.750. The Kier molecular flexibility index (Phi) is 4.88. The van der Waals surface area contributed by atoms with Gasteiger partial charge in [-0.05, 0) is 19.4 Å². The molecule has 2 N–H and O–H groups in total. The fourth-order valence-corrected chi connectivity index (χ4v) is 3.68. The number of carboxylic acid groups (broad SMARTS) is 1. The molecule has 5 nitrogen and oxygen atoms in total. The van der Waals surface area contributed by atoms with Crippen LogP contribution < -0.4 is 5.32 Å². The van der Waals surface area contributed by atoms with E-state index < -0.39 is 5.97 Å². The number of hydrogen-bond acceptors (Lipinski definition) is 4. The Morgan fingerprint density at radius 2 is 2.28 bits per heavy atom. The number of hydrogen-bond donors (Lipinski definition) is 2. The predicted octanol–water partition coefficient (Wildman–Crippen LogP) is 0.405. The van der Waals surface area contributed by atoms with E-state index >= 15 is 0 Å². The Morgan fingerprint density at radius 3 is 2.94 bits per heavy atom. The number of rotatable bonds is 3. The van der Waals surface area contributed by atoms with E-state index in [1.165, 1.54) is 0 Å². The lowest BCUT2D eigenvalue weighted by atomic mass is 9.97. The summed E-state index contributed by atoms with van der Waals surface area (Å²) >= 11 is 1.74. The largest absolute Gasteiger partial charge is 0.481 e. The van der Waals surface area contributed by atoms with Gasteiger partial charge in [-0.1, -0.05) is 0 Å². The molecule has 2 fully saturated rings. The average Bonchev–Trinajstić information content (AvgIpc) is 2.39. The van der Waals surface area contributed by atoms with Crippen molar-refractivity contribution in [2.45, 2.75) is 25.3 Å². The highest BCUT2D eigenvalue weighted by Gasteiger charge is 2.33. The molecular formula is C12H20N2O3S. The molecular weight excluding hydrogens is 252 g/mol. The number of piperidine rings is 1. The summed E-state index contributed by atoms with van der Waals surface area (Å²) in [6, 6.07) is -0.129. The first kappa shape index (κ1) is 13.7.